The number of hydrogen-bond donors (Lipinski definition) is 1. The highest BCUT2D eigenvalue weighted by Gasteiger charge is 2.08. The van der Waals surface area contributed by atoms with Crippen LogP contribution >= 0.6 is 0 Å². The zero-order chi connectivity index (χ0) is 12.0. The first-order valence-corrected chi connectivity index (χ1v) is 4.63. The van der Waals surface area contributed by atoms with E-state index in [1.807, 2.05) is 0 Å². The van der Waals surface area contributed by atoms with Crippen molar-refractivity contribution < 1.29 is 14.5 Å². The average Bonchev–Trinajstić information content (AvgIpc) is 2.26. The first-order chi connectivity index (χ1) is 7.61. The van der Waals surface area contributed by atoms with Crippen molar-refractivity contribution in [2.24, 2.45) is 0 Å². The van der Waals surface area contributed by atoms with Crippen molar-refractivity contribution in [1.82, 2.24) is 0 Å². The molecule has 0 aliphatic carbocycles. The molecule has 0 aliphatic rings. The highest BCUT2D eigenvalue weighted by atomic mass is 16.6. The predicted molar refractivity (Wildman–Crippen MR) is 58.4 cm³/mol. The molecule has 0 saturated heterocycles. The Labute approximate surface area is 92.4 Å². The molecule has 1 N–H and O–H groups in total. The smallest absolute Gasteiger partial charge is 0.263 e. The van der Waals surface area contributed by atoms with E-state index in [1.54, 1.807) is 24.3 Å². The molecule has 86 valence electrons. The Balaban J connectivity index is 2.47. The van der Waals surface area contributed by atoms with Crippen LogP contribution in [0.4, 0.5) is 5.69 Å². The highest BCUT2D eigenvalue weighted by Crippen LogP contribution is 2.16. The lowest BCUT2D eigenvalue weighted by molar-refractivity contribution is -0.467. The van der Waals surface area contributed by atoms with E-state index in [1.165, 1.54) is 7.11 Å². The molecule has 16 heavy (non-hydrogen) atoms. The minimum Gasteiger partial charge on any atom is -0.497 e. The Morgan fingerprint density at radius 1 is 1.56 bits per heavy atom. The molecule has 0 radical (unpaired) electrons. The Morgan fingerprint density at radius 2 is 2.31 bits per heavy atom. The van der Waals surface area contributed by atoms with E-state index < -0.39 is 17.3 Å². The van der Waals surface area contributed by atoms with Crippen molar-refractivity contribution in [2.45, 2.75) is 0 Å². The topological polar surface area (TPSA) is 81.5 Å². The summed E-state index contributed by atoms with van der Waals surface area (Å²) in [6.07, 6.45) is 0. The second-order valence-corrected chi connectivity index (χ2v) is 3.12. The Bertz CT molecular complexity index is 392. The quantitative estimate of drug-likeness (QED) is 0.574. The molecule has 0 atom stereocenters. The van der Waals surface area contributed by atoms with E-state index >= 15 is 0 Å². The summed E-state index contributed by atoms with van der Waals surface area (Å²) in [6, 6.07) is 6.99. The lowest BCUT2D eigenvalue weighted by Crippen LogP contribution is -2.21. The van der Waals surface area contributed by atoms with Gasteiger partial charge in [0.1, 0.15) is 5.75 Å². The normalized spacial score (nSPS) is 9.56. The molecule has 0 saturated carbocycles. The van der Waals surface area contributed by atoms with Crippen LogP contribution in [0.3, 0.4) is 0 Å². The summed E-state index contributed by atoms with van der Waals surface area (Å²) in [4.78, 5) is 20.5. The molecule has 0 aromatic heterocycles. The summed E-state index contributed by atoms with van der Waals surface area (Å²) in [6.45, 7) is -0.717. The molecule has 0 spiro atoms. The summed E-state index contributed by atoms with van der Waals surface area (Å²) in [7, 11) is 1.54. The number of ketones is 1. The number of nitro groups is 1. The van der Waals surface area contributed by atoms with Crippen LogP contribution in [0.5, 0.6) is 5.75 Å². The van der Waals surface area contributed by atoms with Crippen molar-refractivity contribution >= 4 is 11.5 Å². The van der Waals surface area contributed by atoms with Gasteiger partial charge in [0.25, 0.3) is 6.54 Å². The van der Waals surface area contributed by atoms with Gasteiger partial charge in [-0.3, -0.25) is 14.9 Å². The lowest BCUT2D eigenvalue weighted by Gasteiger charge is -2.05. The molecule has 6 nitrogen and oxygen atoms in total. The molecular weight excluding hydrogens is 212 g/mol. The molecule has 6 heteroatoms. The summed E-state index contributed by atoms with van der Waals surface area (Å²) in [5, 5.41) is 12.8. The van der Waals surface area contributed by atoms with Gasteiger partial charge in [0.15, 0.2) is 0 Å². The zero-order valence-corrected chi connectivity index (χ0v) is 8.80. The number of benzene rings is 1. The Morgan fingerprint density at radius 3 is 2.94 bits per heavy atom. The van der Waals surface area contributed by atoms with Gasteiger partial charge in [0, 0.05) is 16.7 Å². The molecule has 0 amide bonds. The van der Waals surface area contributed by atoms with Crippen LogP contribution in [-0.2, 0) is 4.79 Å². The van der Waals surface area contributed by atoms with Gasteiger partial charge in [-0.05, 0) is 12.1 Å². The van der Waals surface area contributed by atoms with Crippen LogP contribution in [0.1, 0.15) is 0 Å². The van der Waals surface area contributed by atoms with E-state index in [2.05, 4.69) is 5.32 Å². The fourth-order valence-electron chi connectivity index (χ4n) is 1.13. The van der Waals surface area contributed by atoms with Crippen molar-refractivity contribution in [2.75, 3.05) is 25.5 Å². The molecule has 0 unspecified atom stereocenters. The van der Waals surface area contributed by atoms with Crippen LogP contribution in [0.15, 0.2) is 24.3 Å². The van der Waals surface area contributed by atoms with Crippen molar-refractivity contribution in [1.29, 1.82) is 0 Å². The number of Topliss-reactive ketones (excluding diaryl/α,β-unsaturated/α-hetero) is 1. The summed E-state index contributed by atoms with van der Waals surface area (Å²) in [5.74, 6) is 0.194. The average molecular weight is 224 g/mol. The molecule has 1 aromatic rings. The van der Waals surface area contributed by atoms with Crippen LogP contribution < -0.4 is 10.1 Å². The number of anilines is 1. The van der Waals surface area contributed by atoms with Crippen molar-refractivity contribution in [3.63, 3.8) is 0 Å². The van der Waals surface area contributed by atoms with Crippen LogP contribution in [0.25, 0.3) is 0 Å². The van der Waals surface area contributed by atoms with Gasteiger partial charge in [-0.1, -0.05) is 6.07 Å². The maximum Gasteiger partial charge on any atom is 0.263 e. The number of carbonyl (C=O) groups excluding carboxylic acids is 1. The number of ether oxygens (including phenoxy) is 1. The fourth-order valence-corrected chi connectivity index (χ4v) is 1.13. The van der Waals surface area contributed by atoms with Crippen LogP contribution in [-0.4, -0.2) is 30.9 Å². The third kappa shape index (κ3) is 3.95. The van der Waals surface area contributed by atoms with E-state index in [-0.39, 0.29) is 6.54 Å². The zero-order valence-electron chi connectivity index (χ0n) is 8.80. The van der Waals surface area contributed by atoms with E-state index in [4.69, 9.17) is 4.74 Å². The first kappa shape index (κ1) is 12.0. The van der Waals surface area contributed by atoms with Gasteiger partial charge < -0.3 is 10.1 Å². The summed E-state index contributed by atoms with van der Waals surface area (Å²) in [5.41, 5.74) is 0.691. The van der Waals surface area contributed by atoms with E-state index in [9.17, 15) is 14.9 Å². The SMILES string of the molecule is COc1cccc(NCC(=O)C[N+](=O)[O-])c1. The number of carbonyl (C=O) groups is 1. The third-order valence-electron chi connectivity index (χ3n) is 1.86. The van der Waals surface area contributed by atoms with Gasteiger partial charge in [0.2, 0.25) is 5.78 Å². The Hall–Kier alpha value is -2.11. The molecule has 0 heterocycles. The molecule has 0 bridgehead atoms. The van der Waals surface area contributed by atoms with Gasteiger partial charge in [0.05, 0.1) is 13.7 Å². The van der Waals surface area contributed by atoms with Gasteiger partial charge in [-0.15, -0.1) is 0 Å². The first-order valence-electron chi connectivity index (χ1n) is 4.63. The number of hydrogen-bond acceptors (Lipinski definition) is 5. The maximum atomic E-state index is 11.0. The van der Waals surface area contributed by atoms with Crippen LogP contribution in [0.2, 0.25) is 0 Å². The Kier molecular flexibility index (Phi) is 4.26. The largest absolute Gasteiger partial charge is 0.497 e. The van der Waals surface area contributed by atoms with Crippen LogP contribution in [0, 0.1) is 10.1 Å². The van der Waals surface area contributed by atoms with Gasteiger partial charge in [-0.2, -0.15) is 0 Å². The summed E-state index contributed by atoms with van der Waals surface area (Å²) >= 11 is 0. The molecule has 0 fully saturated rings. The summed E-state index contributed by atoms with van der Waals surface area (Å²) < 4.78 is 4.99. The standard InChI is InChI=1S/C10H12N2O4/c1-16-10-4-2-3-8(5-10)11-6-9(13)7-12(14)15/h2-5,11H,6-7H2,1H3. The second-order valence-electron chi connectivity index (χ2n) is 3.12. The number of nitrogens with one attached hydrogen (secondary N) is 1. The lowest BCUT2D eigenvalue weighted by atomic mass is 10.3. The molecule has 1 aromatic carbocycles. The number of nitrogens with zero attached hydrogens (tertiary/aromatic N) is 1. The second kappa shape index (κ2) is 5.69. The predicted octanol–water partition coefficient (Wildman–Crippen LogP) is 0.953. The van der Waals surface area contributed by atoms with Crippen molar-refractivity contribution in [3.05, 3.63) is 34.4 Å². The minimum absolute atomic E-state index is 0.0614. The number of rotatable bonds is 6. The third-order valence-corrected chi connectivity index (χ3v) is 1.86. The van der Waals surface area contributed by atoms with E-state index in [0.29, 0.717) is 11.4 Å². The number of methoxy groups -OCH3 is 1. The fraction of sp³-hybridized carbons (Fsp3) is 0.300. The highest BCUT2D eigenvalue weighted by molar-refractivity contribution is 5.83. The minimum atomic E-state index is -0.656. The molecular formula is C10H12N2O4. The molecule has 1 rings (SSSR count). The van der Waals surface area contributed by atoms with Gasteiger partial charge in [-0.25, -0.2) is 0 Å². The monoisotopic (exact) mass is 224 g/mol. The molecule has 0 aliphatic heterocycles. The van der Waals surface area contributed by atoms with Crippen molar-refractivity contribution in [3.8, 4) is 5.75 Å². The van der Waals surface area contributed by atoms with Gasteiger partial charge >= 0.3 is 0 Å². The maximum absolute atomic E-state index is 11.0. The van der Waals surface area contributed by atoms with E-state index in [0.717, 1.165) is 0 Å².